The Balaban J connectivity index is 2.17. The molecule has 0 amide bonds. The fourth-order valence-electron chi connectivity index (χ4n) is 4.17. The maximum atomic E-state index is 2.53. The van der Waals surface area contributed by atoms with Crippen molar-refractivity contribution in [3.05, 3.63) is 47.7 Å². The summed E-state index contributed by atoms with van der Waals surface area (Å²) in [6, 6.07) is 11.3. The van der Waals surface area contributed by atoms with E-state index in [1.165, 1.54) is 48.9 Å². The van der Waals surface area contributed by atoms with Crippen LogP contribution in [0.2, 0.25) is 19.6 Å². The lowest BCUT2D eigenvalue weighted by molar-refractivity contribution is -0.659. The molecule has 1 aromatic carbocycles. The average molecular weight is 339 g/mol. The van der Waals surface area contributed by atoms with E-state index in [-0.39, 0.29) is 0 Å². The second-order valence-electron chi connectivity index (χ2n) is 8.54. The topological polar surface area (TPSA) is 3.88 Å². The molecule has 128 valence electrons. The summed E-state index contributed by atoms with van der Waals surface area (Å²) in [5.41, 5.74) is 5.77. The molecular weight excluding hydrogens is 306 g/mol. The molecule has 1 nitrogen and oxygen atoms in total. The first-order chi connectivity index (χ1) is 11.4. The zero-order valence-electron chi connectivity index (χ0n) is 16.0. The standard InChI is InChI=1S/C22H32NSi/c1-17-11-9-10-14-19(17)21-15-20(18-12-7-6-8-13-18)22(16-23(21)2)24(3,4)5/h9-11,14-16,18H,6-8,12-13H2,1-5H3/q+1. The van der Waals surface area contributed by atoms with Crippen molar-refractivity contribution < 1.29 is 4.57 Å². The lowest BCUT2D eigenvalue weighted by Crippen LogP contribution is -2.47. The van der Waals surface area contributed by atoms with Crippen LogP contribution in [-0.4, -0.2) is 8.07 Å². The largest absolute Gasteiger partial charge is 0.212 e. The van der Waals surface area contributed by atoms with E-state index >= 15 is 0 Å². The molecule has 1 fully saturated rings. The molecule has 0 spiro atoms. The molecule has 0 saturated heterocycles. The highest BCUT2D eigenvalue weighted by molar-refractivity contribution is 6.89. The van der Waals surface area contributed by atoms with Crippen LogP contribution in [0, 0.1) is 6.92 Å². The summed E-state index contributed by atoms with van der Waals surface area (Å²) in [5.74, 6) is 0.768. The first-order valence-electron chi connectivity index (χ1n) is 9.48. The van der Waals surface area contributed by atoms with Crippen LogP contribution in [0.1, 0.15) is 49.1 Å². The van der Waals surface area contributed by atoms with Gasteiger partial charge in [-0.3, -0.25) is 0 Å². The van der Waals surface area contributed by atoms with Gasteiger partial charge in [-0.05, 0) is 42.9 Å². The zero-order valence-corrected chi connectivity index (χ0v) is 17.0. The van der Waals surface area contributed by atoms with Gasteiger partial charge in [-0.2, -0.15) is 0 Å². The second kappa shape index (κ2) is 6.83. The predicted octanol–water partition coefficient (Wildman–Crippen LogP) is 5.08. The van der Waals surface area contributed by atoms with Crippen LogP contribution in [0.5, 0.6) is 0 Å². The van der Waals surface area contributed by atoms with Crippen molar-refractivity contribution >= 4 is 13.3 Å². The second-order valence-corrected chi connectivity index (χ2v) is 13.6. The summed E-state index contributed by atoms with van der Waals surface area (Å²) in [7, 11) is 0.867. The summed E-state index contributed by atoms with van der Waals surface area (Å²) < 4.78 is 2.36. The zero-order chi connectivity index (χ0) is 17.3. The van der Waals surface area contributed by atoms with Crippen molar-refractivity contribution in [2.75, 3.05) is 0 Å². The van der Waals surface area contributed by atoms with E-state index in [9.17, 15) is 0 Å². The van der Waals surface area contributed by atoms with Crippen LogP contribution in [0.3, 0.4) is 0 Å². The van der Waals surface area contributed by atoms with Gasteiger partial charge in [0.05, 0.1) is 8.07 Å². The highest BCUT2D eigenvalue weighted by Gasteiger charge is 2.30. The molecule has 3 rings (SSSR count). The molecule has 0 bridgehead atoms. The first-order valence-corrected chi connectivity index (χ1v) is 13.0. The Bertz CT molecular complexity index is 721. The van der Waals surface area contributed by atoms with Crippen molar-refractivity contribution in [2.45, 2.75) is 64.6 Å². The van der Waals surface area contributed by atoms with Crippen LogP contribution >= 0.6 is 0 Å². The van der Waals surface area contributed by atoms with Crippen LogP contribution < -0.4 is 9.75 Å². The minimum absolute atomic E-state index is 0.768. The Morgan fingerprint density at radius 1 is 1.00 bits per heavy atom. The molecular formula is C22H32NSi+. The summed E-state index contributed by atoms with van der Waals surface area (Å²) in [6.07, 6.45) is 9.42. The third-order valence-electron chi connectivity index (χ3n) is 5.58. The number of pyridine rings is 1. The van der Waals surface area contributed by atoms with Crippen molar-refractivity contribution in [2.24, 2.45) is 7.05 Å². The van der Waals surface area contributed by atoms with E-state index in [1.807, 2.05) is 0 Å². The highest BCUT2D eigenvalue weighted by Crippen LogP contribution is 2.34. The predicted molar refractivity (Wildman–Crippen MR) is 107 cm³/mol. The maximum Gasteiger partial charge on any atom is 0.212 e. The van der Waals surface area contributed by atoms with Crippen LogP contribution in [0.4, 0.5) is 0 Å². The Morgan fingerprint density at radius 2 is 1.67 bits per heavy atom. The van der Waals surface area contributed by atoms with Crippen LogP contribution in [0.15, 0.2) is 36.5 Å². The van der Waals surface area contributed by atoms with Crippen LogP contribution in [-0.2, 0) is 7.05 Å². The van der Waals surface area contributed by atoms with E-state index in [1.54, 1.807) is 10.8 Å². The summed E-state index contributed by atoms with van der Waals surface area (Å²) >= 11 is 0. The molecule has 0 atom stereocenters. The number of benzene rings is 1. The molecule has 0 radical (unpaired) electrons. The number of hydrogen-bond donors (Lipinski definition) is 0. The van der Waals surface area contributed by atoms with Gasteiger partial charge in [0, 0.05) is 16.8 Å². The van der Waals surface area contributed by atoms with Crippen LogP contribution in [0.25, 0.3) is 11.3 Å². The molecule has 1 aromatic heterocycles. The SMILES string of the molecule is Cc1ccccc1-c1cc(C2CCCCC2)c([Si](C)(C)C)c[n+]1C. The molecule has 1 aliphatic carbocycles. The lowest BCUT2D eigenvalue weighted by atomic mass is 9.83. The molecule has 2 aromatic rings. The monoisotopic (exact) mass is 338 g/mol. The van der Waals surface area contributed by atoms with E-state index in [4.69, 9.17) is 0 Å². The van der Waals surface area contributed by atoms with Gasteiger partial charge in [-0.1, -0.05) is 57.1 Å². The van der Waals surface area contributed by atoms with E-state index in [2.05, 4.69) is 74.7 Å². The van der Waals surface area contributed by atoms with Crippen molar-refractivity contribution in [3.63, 3.8) is 0 Å². The molecule has 0 aliphatic heterocycles. The first kappa shape index (κ1) is 17.4. The molecule has 1 saturated carbocycles. The van der Waals surface area contributed by atoms with E-state index in [0.717, 1.165) is 5.92 Å². The molecule has 24 heavy (non-hydrogen) atoms. The third kappa shape index (κ3) is 3.49. The van der Waals surface area contributed by atoms with Crippen molar-refractivity contribution in [3.8, 4) is 11.3 Å². The summed E-state index contributed by atoms with van der Waals surface area (Å²) in [5, 5.41) is 1.66. The lowest BCUT2D eigenvalue weighted by Gasteiger charge is -2.28. The van der Waals surface area contributed by atoms with Crippen molar-refractivity contribution in [1.29, 1.82) is 0 Å². The Kier molecular flexibility index (Phi) is 4.96. The normalized spacial score (nSPS) is 16.4. The minimum Gasteiger partial charge on any atom is -0.201 e. The number of hydrogen-bond acceptors (Lipinski definition) is 0. The van der Waals surface area contributed by atoms with Gasteiger partial charge < -0.3 is 0 Å². The molecule has 1 heterocycles. The Hall–Kier alpha value is -1.41. The number of nitrogens with zero attached hydrogens (tertiary/aromatic N) is 1. The van der Waals surface area contributed by atoms with Gasteiger partial charge in [0.25, 0.3) is 0 Å². The Morgan fingerprint density at radius 3 is 2.29 bits per heavy atom. The Labute approximate surface area is 148 Å². The summed E-state index contributed by atoms with van der Waals surface area (Å²) in [6.45, 7) is 9.69. The van der Waals surface area contributed by atoms with Gasteiger partial charge in [0.2, 0.25) is 5.69 Å². The molecule has 0 N–H and O–H groups in total. The van der Waals surface area contributed by atoms with E-state index < -0.39 is 8.07 Å². The number of rotatable bonds is 3. The van der Waals surface area contributed by atoms with Gasteiger partial charge >= 0.3 is 0 Å². The number of aromatic nitrogens is 1. The fraction of sp³-hybridized carbons (Fsp3) is 0.500. The van der Waals surface area contributed by atoms with Crippen molar-refractivity contribution in [1.82, 2.24) is 0 Å². The van der Waals surface area contributed by atoms with Gasteiger partial charge in [-0.25, -0.2) is 4.57 Å². The molecule has 2 heteroatoms. The van der Waals surface area contributed by atoms with Gasteiger partial charge in [0.1, 0.15) is 7.05 Å². The third-order valence-corrected chi connectivity index (χ3v) is 7.61. The molecule has 0 unspecified atom stereocenters. The van der Waals surface area contributed by atoms with Gasteiger partial charge in [-0.15, -0.1) is 0 Å². The van der Waals surface area contributed by atoms with E-state index in [0.29, 0.717) is 0 Å². The average Bonchev–Trinajstić information content (AvgIpc) is 2.55. The molecule has 1 aliphatic rings. The summed E-state index contributed by atoms with van der Waals surface area (Å²) in [4.78, 5) is 0. The number of aryl methyl sites for hydroxylation is 2. The van der Waals surface area contributed by atoms with Gasteiger partial charge in [0.15, 0.2) is 6.20 Å². The minimum atomic E-state index is -1.35. The quantitative estimate of drug-likeness (QED) is 0.543. The highest BCUT2D eigenvalue weighted by atomic mass is 28.3. The maximum absolute atomic E-state index is 2.53. The smallest absolute Gasteiger partial charge is 0.201 e. The fourth-order valence-corrected chi connectivity index (χ4v) is 5.89.